The van der Waals surface area contributed by atoms with Crippen LogP contribution in [0.5, 0.6) is 0 Å². The van der Waals surface area contributed by atoms with Crippen molar-refractivity contribution in [1.29, 1.82) is 0 Å². The van der Waals surface area contributed by atoms with Gasteiger partial charge in [-0.25, -0.2) is 4.98 Å². The molecule has 0 aromatic carbocycles. The van der Waals surface area contributed by atoms with Gasteiger partial charge in [-0.2, -0.15) is 0 Å². The number of morpholine rings is 1. The zero-order chi connectivity index (χ0) is 21.4. The van der Waals surface area contributed by atoms with Gasteiger partial charge in [0.25, 0.3) is 0 Å². The first-order chi connectivity index (χ1) is 14.5. The summed E-state index contributed by atoms with van der Waals surface area (Å²) in [5, 5.41) is 10.6. The molecular formula is C22H40N6OS. The van der Waals surface area contributed by atoms with E-state index in [9.17, 15) is 0 Å². The molecule has 7 nitrogen and oxygen atoms in total. The smallest absolute Gasteiger partial charge is 0.191 e. The van der Waals surface area contributed by atoms with Crippen LogP contribution in [0.25, 0.3) is 0 Å². The maximum absolute atomic E-state index is 5.49. The minimum Gasteiger partial charge on any atom is -0.379 e. The molecule has 2 saturated heterocycles. The van der Waals surface area contributed by atoms with E-state index in [4.69, 9.17) is 9.72 Å². The van der Waals surface area contributed by atoms with Gasteiger partial charge in [0, 0.05) is 50.7 Å². The second-order valence-corrected chi connectivity index (χ2v) is 9.97. The number of aromatic nitrogens is 1. The predicted molar refractivity (Wildman–Crippen MR) is 125 cm³/mol. The summed E-state index contributed by atoms with van der Waals surface area (Å²) in [6.07, 6.45) is 3.50. The maximum Gasteiger partial charge on any atom is 0.191 e. The SMILES string of the molecule is CCc1nc(CN2CCC(CNC(=NC)NCC(C)(C)N3CCOCC3)CC2)cs1. The maximum atomic E-state index is 5.49. The second kappa shape index (κ2) is 11.4. The van der Waals surface area contributed by atoms with Gasteiger partial charge in [0.05, 0.1) is 23.9 Å². The molecule has 0 unspecified atom stereocenters. The van der Waals surface area contributed by atoms with Gasteiger partial charge >= 0.3 is 0 Å². The van der Waals surface area contributed by atoms with Crippen LogP contribution in [0.1, 0.15) is 44.3 Å². The first-order valence-corrected chi connectivity index (χ1v) is 12.3. The summed E-state index contributed by atoms with van der Waals surface area (Å²) in [6.45, 7) is 15.6. The molecule has 0 spiro atoms. The number of piperidine rings is 1. The van der Waals surface area contributed by atoms with Crippen molar-refractivity contribution in [1.82, 2.24) is 25.4 Å². The highest BCUT2D eigenvalue weighted by Crippen LogP contribution is 2.20. The molecule has 0 amide bonds. The lowest BCUT2D eigenvalue weighted by Crippen LogP contribution is -2.56. The van der Waals surface area contributed by atoms with Gasteiger partial charge in [0.1, 0.15) is 0 Å². The largest absolute Gasteiger partial charge is 0.379 e. The summed E-state index contributed by atoms with van der Waals surface area (Å²) in [5.74, 6) is 1.61. The molecule has 8 heteroatoms. The number of hydrogen-bond donors (Lipinski definition) is 2. The van der Waals surface area contributed by atoms with Gasteiger partial charge < -0.3 is 15.4 Å². The molecule has 0 bridgehead atoms. The van der Waals surface area contributed by atoms with Crippen LogP contribution in [0, 0.1) is 5.92 Å². The van der Waals surface area contributed by atoms with Crippen LogP contribution in [0.15, 0.2) is 10.4 Å². The average Bonchev–Trinajstić information content (AvgIpc) is 3.23. The minimum atomic E-state index is 0.0834. The number of hydrogen-bond acceptors (Lipinski definition) is 6. The van der Waals surface area contributed by atoms with Crippen molar-refractivity contribution in [2.75, 3.05) is 59.5 Å². The van der Waals surface area contributed by atoms with Crippen LogP contribution in [-0.2, 0) is 17.7 Å². The number of ether oxygens (including phenoxy) is 1. The molecule has 2 N–H and O–H groups in total. The van der Waals surface area contributed by atoms with E-state index in [1.54, 1.807) is 11.3 Å². The van der Waals surface area contributed by atoms with Crippen LogP contribution in [-0.4, -0.2) is 85.8 Å². The molecule has 30 heavy (non-hydrogen) atoms. The van der Waals surface area contributed by atoms with E-state index >= 15 is 0 Å². The quantitative estimate of drug-likeness (QED) is 0.481. The van der Waals surface area contributed by atoms with Crippen molar-refractivity contribution in [2.45, 2.75) is 52.1 Å². The summed E-state index contributed by atoms with van der Waals surface area (Å²) < 4.78 is 5.49. The van der Waals surface area contributed by atoms with Crippen LogP contribution in [0.4, 0.5) is 0 Å². The molecule has 170 valence electrons. The predicted octanol–water partition coefficient (Wildman–Crippen LogP) is 2.19. The summed E-state index contributed by atoms with van der Waals surface area (Å²) >= 11 is 1.79. The van der Waals surface area contributed by atoms with E-state index in [2.05, 4.69) is 51.6 Å². The molecule has 1 aromatic rings. The Morgan fingerprint density at radius 2 is 1.97 bits per heavy atom. The highest BCUT2D eigenvalue weighted by atomic mass is 32.1. The third-order valence-electron chi connectivity index (χ3n) is 6.33. The first-order valence-electron chi connectivity index (χ1n) is 11.4. The fraction of sp³-hybridized carbons (Fsp3) is 0.818. The Hall–Kier alpha value is -1.22. The van der Waals surface area contributed by atoms with E-state index in [-0.39, 0.29) is 5.54 Å². The third-order valence-corrected chi connectivity index (χ3v) is 7.37. The van der Waals surface area contributed by atoms with Gasteiger partial charge in [-0.05, 0) is 52.1 Å². The second-order valence-electron chi connectivity index (χ2n) is 9.02. The Morgan fingerprint density at radius 1 is 1.23 bits per heavy atom. The fourth-order valence-corrected chi connectivity index (χ4v) is 4.94. The summed E-state index contributed by atoms with van der Waals surface area (Å²) in [4.78, 5) is 14.2. The highest BCUT2D eigenvalue weighted by Gasteiger charge is 2.28. The molecule has 0 atom stereocenters. The Morgan fingerprint density at radius 3 is 2.60 bits per heavy atom. The molecule has 0 saturated carbocycles. The van der Waals surface area contributed by atoms with E-state index < -0.39 is 0 Å². The Bertz CT molecular complexity index is 662. The number of nitrogens with one attached hydrogen (secondary N) is 2. The average molecular weight is 437 g/mol. The molecule has 3 rings (SSSR count). The van der Waals surface area contributed by atoms with Crippen LogP contribution < -0.4 is 10.6 Å². The fourth-order valence-electron chi connectivity index (χ4n) is 4.20. The normalized spacial score (nSPS) is 20.5. The number of likely N-dealkylation sites (tertiary alicyclic amines) is 1. The summed E-state index contributed by atoms with van der Waals surface area (Å²) in [5.41, 5.74) is 1.32. The van der Waals surface area contributed by atoms with E-state index in [0.29, 0.717) is 5.92 Å². The molecule has 2 aliphatic heterocycles. The molecule has 0 radical (unpaired) electrons. The summed E-state index contributed by atoms with van der Waals surface area (Å²) in [7, 11) is 1.86. The third kappa shape index (κ3) is 6.90. The zero-order valence-electron chi connectivity index (χ0n) is 19.2. The van der Waals surface area contributed by atoms with Crippen molar-refractivity contribution < 1.29 is 4.74 Å². The minimum absolute atomic E-state index is 0.0834. The number of rotatable bonds is 8. The number of aliphatic imine (C=N–C) groups is 1. The summed E-state index contributed by atoms with van der Waals surface area (Å²) in [6, 6.07) is 0. The first kappa shape index (κ1) is 23.4. The zero-order valence-corrected chi connectivity index (χ0v) is 20.1. The lowest BCUT2D eigenvalue weighted by molar-refractivity contribution is -0.00834. The van der Waals surface area contributed by atoms with Crippen molar-refractivity contribution in [3.05, 3.63) is 16.1 Å². The Kier molecular flexibility index (Phi) is 8.92. The number of guanidine groups is 1. The van der Waals surface area contributed by atoms with Crippen LogP contribution in [0.3, 0.4) is 0 Å². The number of thiazole rings is 1. The van der Waals surface area contributed by atoms with Gasteiger partial charge in [0.2, 0.25) is 0 Å². The Balaban J connectivity index is 1.35. The van der Waals surface area contributed by atoms with E-state index in [0.717, 1.165) is 71.4 Å². The molecule has 3 heterocycles. The molecule has 0 aliphatic carbocycles. The van der Waals surface area contributed by atoms with E-state index in [1.165, 1.54) is 23.5 Å². The van der Waals surface area contributed by atoms with Crippen molar-refractivity contribution >= 4 is 17.3 Å². The van der Waals surface area contributed by atoms with Crippen LogP contribution >= 0.6 is 11.3 Å². The van der Waals surface area contributed by atoms with Gasteiger partial charge in [-0.3, -0.25) is 14.8 Å². The lowest BCUT2D eigenvalue weighted by Gasteiger charge is -2.41. The monoisotopic (exact) mass is 436 g/mol. The topological polar surface area (TPSA) is 65.0 Å². The lowest BCUT2D eigenvalue weighted by atomic mass is 9.97. The molecule has 1 aromatic heterocycles. The van der Waals surface area contributed by atoms with Crippen molar-refractivity contribution in [2.24, 2.45) is 10.9 Å². The van der Waals surface area contributed by atoms with Gasteiger partial charge in [0.15, 0.2) is 5.96 Å². The molecule has 2 fully saturated rings. The number of aryl methyl sites for hydroxylation is 1. The van der Waals surface area contributed by atoms with Crippen molar-refractivity contribution in [3.63, 3.8) is 0 Å². The number of nitrogens with zero attached hydrogens (tertiary/aromatic N) is 4. The highest BCUT2D eigenvalue weighted by molar-refractivity contribution is 7.09. The molecule has 2 aliphatic rings. The van der Waals surface area contributed by atoms with Gasteiger partial charge in [-0.1, -0.05) is 6.92 Å². The van der Waals surface area contributed by atoms with Crippen LogP contribution in [0.2, 0.25) is 0 Å². The van der Waals surface area contributed by atoms with Crippen molar-refractivity contribution in [3.8, 4) is 0 Å². The standard InChI is InChI=1S/C22H40N6OS/c1-5-20-26-19(16-30-20)15-27-8-6-18(7-9-27)14-24-21(23-4)25-17-22(2,3)28-10-12-29-13-11-28/h16,18H,5-15,17H2,1-4H3,(H2,23,24,25). The molecular weight excluding hydrogens is 396 g/mol. The van der Waals surface area contributed by atoms with E-state index in [1.807, 2.05) is 7.05 Å². The Labute approximate surface area is 186 Å². The van der Waals surface area contributed by atoms with Gasteiger partial charge in [-0.15, -0.1) is 11.3 Å².